The molecule has 0 fully saturated rings. The van der Waals surface area contributed by atoms with Crippen molar-refractivity contribution < 1.29 is 24.2 Å². The van der Waals surface area contributed by atoms with Gasteiger partial charge in [-0.3, -0.25) is 0 Å². The summed E-state index contributed by atoms with van der Waals surface area (Å²) < 4.78 is 10.4. The third-order valence-electron chi connectivity index (χ3n) is 2.59. The highest BCUT2D eigenvalue weighted by Crippen LogP contribution is 2.28. The minimum absolute atomic E-state index is 0.00748. The second-order valence-corrected chi connectivity index (χ2v) is 5.54. The van der Waals surface area contributed by atoms with Crippen LogP contribution in [0.15, 0.2) is 29.3 Å². The Bertz CT molecular complexity index is 540. The molecule has 0 saturated carbocycles. The number of hydrogen-bond acceptors (Lipinski definition) is 6. The first-order valence-electron chi connectivity index (χ1n) is 6.38. The zero-order chi connectivity index (χ0) is 16.1. The van der Waals surface area contributed by atoms with Crippen LogP contribution in [0.1, 0.15) is 26.3 Å². The van der Waals surface area contributed by atoms with Gasteiger partial charge in [0.05, 0.1) is 12.7 Å². The smallest absolute Gasteiger partial charge is 0.362 e. The van der Waals surface area contributed by atoms with Crippen LogP contribution in [0.5, 0.6) is 5.75 Å². The maximum Gasteiger partial charge on any atom is 0.362 e. The first-order chi connectivity index (χ1) is 9.72. The van der Waals surface area contributed by atoms with Gasteiger partial charge in [0.15, 0.2) is 0 Å². The molecule has 0 saturated heterocycles. The van der Waals surface area contributed by atoms with E-state index in [9.17, 15) is 14.7 Å². The molecule has 1 N–H and O–H groups in total. The van der Waals surface area contributed by atoms with Crippen molar-refractivity contribution in [3.05, 3.63) is 29.8 Å². The Morgan fingerprint density at radius 1 is 1.29 bits per heavy atom. The molecule has 0 spiro atoms. The quantitative estimate of drug-likeness (QED) is 0.509. The lowest BCUT2D eigenvalue weighted by Crippen LogP contribution is -2.47. The van der Waals surface area contributed by atoms with E-state index in [0.717, 1.165) is 0 Å². The van der Waals surface area contributed by atoms with E-state index >= 15 is 0 Å². The summed E-state index contributed by atoms with van der Waals surface area (Å²) in [5, 5.41) is 9.29. The monoisotopic (exact) mass is 293 g/mol. The van der Waals surface area contributed by atoms with E-state index in [1.54, 1.807) is 32.9 Å². The Morgan fingerprint density at radius 3 is 2.29 bits per heavy atom. The van der Waals surface area contributed by atoms with E-state index < -0.39 is 17.3 Å². The number of ether oxygens (including phenoxy) is 2. The molecular formula is C15H19NO5. The number of rotatable bonds is 5. The van der Waals surface area contributed by atoms with Crippen molar-refractivity contribution >= 4 is 12.0 Å². The zero-order valence-electron chi connectivity index (χ0n) is 12.5. The minimum atomic E-state index is -1.80. The van der Waals surface area contributed by atoms with E-state index in [4.69, 9.17) is 9.47 Å². The molecule has 0 unspecified atom stereocenters. The lowest BCUT2D eigenvalue weighted by Gasteiger charge is -2.33. The Morgan fingerprint density at radius 2 is 1.86 bits per heavy atom. The number of isocyanates is 1. The van der Waals surface area contributed by atoms with Crippen LogP contribution in [-0.2, 0) is 25.5 Å². The third-order valence-corrected chi connectivity index (χ3v) is 2.59. The second-order valence-electron chi connectivity index (χ2n) is 5.54. The first kappa shape index (κ1) is 16.9. The van der Waals surface area contributed by atoms with Crippen LogP contribution in [0, 0.1) is 0 Å². The third kappa shape index (κ3) is 4.70. The molecule has 6 nitrogen and oxygen atoms in total. The summed E-state index contributed by atoms with van der Waals surface area (Å²) in [5.41, 5.74) is -1.88. The number of carbonyl (C=O) groups excluding carboxylic acids is 2. The maximum atomic E-state index is 12.1. The number of hydrogen-bond donors (Lipinski definition) is 1. The zero-order valence-corrected chi connectivity index (χ0v) is 12.5. The van der Waals surface area contributed by atoms with Crippen LogP contribution in [0.2, 0.25) is 0 Å². The molecule has 0 aliphatic carbocycles. The van der Waals surface area contributed by atoms with Gasteiger partial charge in [-0.05, 0) is 38.5 Å². The molecule has 0 bridgehead atoms. The summed E-state index contributed by atoms with van der Waals surface area (Å²) in [6.45, 7) is 5.21. The second kappa shape index (κ2) is 6.52. The fourth-order valence-electron chi connectivity index (χ4n) is 1.89. The van der Waals surface area contributed by atoms with Gasteiger partial charge in [-0.1, -0.05) is 12.1 Å². The number of phenols is 1. The number of esters is 1. The van der Waals surface area contributed by atoms with Gasteiger partial charge in [-0.25, -0.2) is 9.59 Å². The van der Waals surface area contributed by atoms with Crippen LogP contribution in [0.25, 0.3) is 0 Å². The topological polar surface area (TPSA) is 85.2 Å². The molecule has 1 rings (SSSR count). The van der Waals surface area contributed by atoms with E-state index in [2.05, 4.69) is 4.99 Å². The Kier molecular flexibility index (Phi) is 5.24. The lowest BCUT2D eigenvalue weighted by molar-refractivity contribution is -0.186. The molecule has 0 aromatic heterocycles. The molecule has 1 atom stereocenters. The SMILES string of the molecule is COC(=O)[C@](Cc1ccc(O)cc1)(N=C=O)OC(C)(C)C. The Balaban J connectivity index is 3.24. The predicted octanol–water partition coefficient (Wildman–Crippen LogP) is 1.95. The molecule has 0 heterocycles. The first-order valence-corrected chi connectivity index (χ1v) is 6.38. The van der Waals surface area contributed by atoms with Crippen molar-refractivity contribution in [2.75, 3.05) is 7.11 Å². The summed E-state index contributed by atoms with van der Waals surface area (Å²) in [7, 11) is 1.19. The van der Waals surface area contributed by atoms with Crippen LogP contribution in [0.4, 0.5) is 0 Å². The number of carbonyl (C=O) groups is 1. The summed E-state index contributed by atoms with van der Waals surface area (Å²) in [6.07, 6.45) is 1.37. The van der Waals surface area contributed by atoms with Crippen LogP contribution in [0.3, 0.4) is 0 Å². The van der Waals surface area contributed by atoms with Crippen molar-refractivity contribution in [1.29, 1.82) is 0 Å². The lowest BCUT2D eigenvalue weighted by atomic mass is 10.0. The maximum absolute atomic E-state index is 12.1. The van der Waals surface area contributed by atoms with Crippen molar-refractivity contribution in [3.63, 3.8) is 0 Å². The van der Waals surface area contributed by atoms with Crippen molar-refractivity contribution in [2.24, 2.45) is 4.99 Å². The number of methoxy groups -OCH3 is 1. The number of benzene rings is 1. The van der Waals surface area contributed by atoms with Crippen molar-refractivity contribution in [3.8, 4) is 5.75 Å². The number of aliphatic imine (C=N–C) groups is 1. The Labute approximate surface area is 123 Å². The summed E-state index contributed by atoms with van der Waals surface area (Å²) >= 11 is 0. The van der Waals surface area contributed by atoms with Crippen LogP contribution < -0.4 is 0 Å². The normalized spacial score (nSPS) is 13.9. The average molecular weight is 293 g/mol. The van der Waals surface area contributed by atoms with Gasteiger partial charge in [-0.15, -0.1) is 0 Å². The van der Waals surface area contributed by atoms with Crippen molar-refractivity contribution in [2.45, 2.75) is 38.5 Å². The van der Waals surface area contributed by atoms with E-state index in [0.29, 0.717) is 5.56 Å². The van der Waals surface area contributed by atoms with E-state index in [1.807, 2.05) is 0 Å². The highest BCUT2D eigenvalue weighted by Gasteiger charge is 2.44. The van der Waals surface area contributed by atoms with Gasteiger partial charge in [0, 0.05) is 6.42 Å². The molecule has 1 aromatic carbocycles. The average Bonchev–Trinajstić information content (AvgIpc) is 2.39. The van der Waals surface area contributed by atoms with Gasteiger partial charge in [0.1, 0.15) is 5.75 Å². The van der Waals surface area contributed by atoms with E-state index in [-0.39, 0.29) is 12.2 Å². The standard InChI is InChI=1S/C15H19NO5/c1-14(2,3)21-15(16-10-17,13(19)20-4)9-11-5-7-12(18)8-6-11/h5-8,18H,9H2,1-4H3/t15-/m1/s1. The molecule has 114 valence electrons. The van der Waals surface area contributed by atoms with Crippen LogP contribution >= 0.6 is 0 Å². The molecular weight excluding hydrogens is 274 g/mol. The number of aromatic hydroxyl groups is 1. The van der Waals surface area contributed by atoms with Gasteiger partial charge >= 0.3 is 5.97 Å². The van der Waals surface area contributed by atoms with Gasteiger partial charge in [0.25, 0.3) is 5.72 Å². The fraction of sp³-hybridized carbons (Fsp3) is 0.467. The summed E-state index contributed by atoms with van der Waals surface area (Å²) in [4.78, 5) is 26.4. The fourth-order valence-corrected chi connectivity index (χ4v) is 1.89. The number of nitrogens with zero attached hydrogens (tertiary/aromatic N) is 1. The predicted molar refractivity (Wildman–Crippen MR) is 75.5 cm³/mol. The van der Waals surface area contributed by atoms with Crippen LogP contribution in [-0.4, -0.2) is 35.6 Å². The highest BCUT2D eigenvalue weighted by molar-refractivity contribution is 5.80. The van der Waals surface area contributed by atoms with Crippen molar-refractivity contribution in [1.82, 2.24) is 0 Å². The van der Waals surface area contributed by atoms with E-state index in [1.165, 1.54) is 25.3 Å². The molecule has 1 aromatic rings. The number of phenolic OH excluding ortho intramolecular Hbond substituents is 1. The molecule has 0 aliphatic heterocycles. The molecule has 6 heteroatoms. The molecule has 0 aliphatic rings. The summed E-state index contributed by atoms with van der Waals surface area (Å²) in [6, 6.07) is 6.16. The largest absolute Gasteiger partial charge is 0.508 e. The highest BCUT2D eigenvalue weighted by atomic mass is 16.6. The molecule has 0 radical (unpaired) electrons. The Hall–Kier alpha value is -2.17. The van der Waals surface area contributed by atoms with Gasteiger partial charge in [0.2, 0.25) is 6.08 Å². The van der Waals surface area contributed by atoms with Gasteiger partial charge in [-0.2, -0.15) is 4.99 Å². The minimum Gasteiger partial charge on any atom is -0.508 e. The molecule has 21 heavy (non-hydrogen) atoms. The molecule has 0 amide bonds. The van der Waals surface area contributed by atoms with Gasteiger partial charge < -0.3 is 14.6 Å². The summed E-state index contributed by atoms with van der Waals surface area (Å²) in [5.74, 6) is -0.688.